The highest BCUT2D eigenvalue weighted by Crippen LogP contribution is 2.60. The van der Waals surface area contributed by atoms with Gasteiger partial charge in [-0.3, -0.25) is 39.1 Å². The molecular formula is C91H128N14O13. The van der Waals surface area contributed by atoms with Crippen LogP contribution in [0.15, 0.2) is 84.9 Å². The van der Waals surface area contributed by atoms with Crippen LogP contribution >= 0.6 is 0 Å². The van der Waals surface area contributed by atoms with Crippen LogP contribution in [0.3, 0.4) is 0 Å². The number of benzene rings is 4. The second kappa shape index (κ2) is 38.4. The molecule has 1 atom stereocenters. The third kappa shape index (κ3) is 18.8. The van der Waals surface area contributed by atoms with Gasteiger partial charge in [-0.15, -0.1) is 0 Å². The van der Waals surface area contributed by atoms with Crippen molar-refractivity contribution in [3.63, 3.8) is 0 Å². The number of nitrogens with two attached hydrogens (primary N) is 1. The number of ether oxygens (including phenoxy) is 4. The zero-order valence-corrected chi connectivity index (χ0v) is 71.9. The molecule has 0 radical (unpaired) electrons. The third-order valence-corrected chi connectivity index (χ3v) is 26.7. The molecule has 2 aromatic heterocycles. The summed E-state index contributed by atoms with van der Waals surface area (Å²) in [6.45, 7) is 15.2. The van der Waals surface area contributed by atoms with Crippen LogP contribution in [0.5, 0.6) is 23.0 Å². The topological polar surface area (TPSA) is 314 Å². The molecule has 8 aliphatic carbocycles. The lowest BCUT2D eigenvalue weighted by molar-refractivity contribution is -0.164. The minimum Gasteiger partial charge on any atom is -0.496 e. The van der Waals surface area contributed by atoms with Crippen molar-refractivity contribution in [3.8, 4) is 56.9 Å². The lowest BCUT2D eigenvalue weighted by Gasteiger charge is -2.59. The molecule has 4 amide bonds. The van der Waals surface area contributed by atoms with Gasteiger partial charge in [0, 0.05) is 51.5 Å². The maximum absolute atomic E-state index is 14.6. The van der Waals surface area contributed by atoms with Crippen LogP contribution in [0, 0.1) is 47.3 Å². The fourth-order valence-electron chi connectivity index (χ4n) is 20.9. The molecule has 2 heterocycles. The van der Waals surface area contributed by atoms with E-state index in [1.54, 1.807) is 71.9 Å². The maximum Gasteiger partial charge on any atom is 0.330 e. The van der Waals surface area contributed by atoms with Gasteiger partial charge in [-0.1, -0.05) is 39.8 Å². The van der Waals surface area contributed by atoms with Gasteiger partial charge in [0.2, 0.25) is 0 Å². The van der Waals surface area contributed by atoms with Crippen LogP contribution in [-0.2, 0) is 14.4 Å². The number of carboxylic acid groups (broad SMARTS) is 2. The molecule has 6 aromatic rings. The highest BCUT2D eigenvalue weighted by molar-refractivity contribution is 6.00. The number of likely N-dealkylation sites (N-methyl/N-ethyl adjacent to an activating group) is 1. The number of aliphatic carboxylic acids is 2. The maximum atomic E-state index is 14.6. The molecule has 0 aliphatic heterocycles. The summed E-state index contributed by atoms with van der Waals surface area (Å²) in [5, 5.41) is 41.5. The Morgan fingerprint density at radius 3 is 1.19 bits per heavy atom. The Balaban J connectivity index is 0.582. The molecule has 0 saturated heterocycles. The van der Waals surface area contributed by atoms with Crippen molar-refractivity contribution in [2.45, 2.75) is 159 Å². The minimum atomic E-state index is -1.38. The summed E-state index contributed by atoms with van der Waals surface area (Å²) in [5.41, 5.74) is 5.94. The van der Waals surface area contributed by atoms with E-state index in [1.165, 1.54) is 0 Å². The fraction of sp³-hybridized carbons (Fsp3) is 0.593. The van der Waals surface area contributed by atoms with Crippen LogP contribution in [-0.4, -0.2) is 260 Å². The Kier molecular flexibility index (Phi) is 28.2. The van der Waals surface area contributed by atoms with Crippen LogP contribution in [0.2, 0.25) is 1.41 Å². The smallest absolute Gasteiger partial charge is 0.330 e. The number of aromatic nitrogens is 4. The molecule has 27 nitrogen and oxygen atoms in total. The van der Waals surface area contributed by atoms with Crippen LogP contribution in [0.4, 0.5) is 0 Å². The standard InChI is InChI=1S/C91H128N14O13/c1-56(2)68-50-62(27-29-73(68)104-75(82-78(115-11)23-15-24-79(82)116-12)52-71(96-104)84(107)94-90(88(111)112)64-42-58-40-59(44-64)45-65(90)43-58)86(109)102(9)38-20-34-98(5)32-18-36-100(7)54-77(106)70(22-17-31-92)93-55-101(8)37-19-33-99(6)35-21-39-103(10)87(110)63-28-30-74(69(51-63)57(3)4)105-76(83-80(117-13)25-16-26-81(83)118-14)53-72(97-105)85(108)95-91(89(113)114)66-46-60-41-61(48-66)49-67(91)47-60/h15-16,23-30,50-53,56-61,64-67,70,93H,17-22,31-49,54-55,92H2,1-14H3,(H,94,107)(H,95,108)(H,111,112)(H,113,114)/i/hD. The van der Waals surface area contributed by atoms with E-state index in [-0.39, 0.29) is 77.1 Å². The Hall–Kier alpha value is -9.25. The van der Waals surface area contributed by atoms with Gasteiger partial charge in [-0.25, -0.2) is 19.0 Å². The van der Waals surface area contributed by atoms with Crippen molar-refractivity contribution < 1.29 is 64.1 Å². The minimum absolute atomic E-state index is 0.0586. The monoisotopic (exact) mass is 1630 g/mol. The number of Topliss-reactive ketones (excluding diaryl/α,β-unsaturated/α-hetero) is 1. The Morgan fingerprint density at radius 1 is 0.492 bits per heavy atom. The van der Waals surface area contributed by atoms with E-state index in [0.717, 1.165) is 140 Å². The Morgan fingerprint density at radius 2 is 0.847 bits per heavy atom. The lowest BCUT2D eigenvalue weighted by atomic mass is 9.48. The number of hydrogen-bond donors (Lipinski definition) is 6. The van der Waals surface area contributed by atoms with E-state index < -0.39 is 34.8 Å². The van der Waals surface area contributed by atoms with Gasteiger partial charge < -0.3 is 65.1 Å². The zero-order valence-electron chi connectivity index (χ0n) is 72.9. The average Bonchev–Trinajstić information content (AvgIpc) is 0.846. The number of carboxylic acids is 2. The number of carbonyl (C=O) groups is 7. The number of methoxy groups -OCH3 is 4. The van der Waals surface area contributed by atoms with Crippen molar-refractivity contribution in [1.29, 1.82) is 0 Å². The molecule has 27 heteroatoms. The number of nitrogens with zero attached hydrogens (tertiary/aromatic N) is 10. The Labute approximate surface area is 697 Å². The van der Waals surface area contributed by atoms with Gasteiger partial charge in [0.1, 0.15) is 35.5 Å². The number of amides is 4. The van der Waals surface area contributed by atoms with Crippen molar-refractivity contribution >= 4 is 41.4 Å². The Bertz CT molecular complexity index is 4500. The molecular weight excluding hydrogens is 1500 g/mol. The predicted molar refractivity (Wildman–Crippen MR) is 455 cm³/mol. The summed E-state index contributed by atoms with van der Waals surface area (Å²) in [6, 6.07) is 25.0. The largest absolute Gasteiger partial charge is 0.496 e. The first kappa shape index (κ1) is 86.6. The van der Waals surface area contributed by atoms with Crippen molar-refractivity contribution in [1.82, 2.24) is 64.9 Å². The molecule has 7 N–H and O–H groups in total. The third-order valence-electron chi connectivity index (χ3n) is 26.7. The van der Waals surface area contributed by atoms with Gasteiger partial charge >= 0.3 is 11.9 Å². The van der Waals surface area contributed by atoms with E-state index in [9.17, 15) is 43.8 Å². The van der Waals surface area contributed by atoms with E-state index in [1.807, 2.05) is 117 Å². The first-order valence-electron chi connectivity index (χ1n) is 43.2. The van der Waals surface area contributed by atoms with Gasteiger partial charge in [-0.2, -0.15) is 10.2 Å². The number of hydrogen-bond acceptors (Lipinski definition) is 19. The second-order valence-electron chi connectivity index (χ2n) is 35.5. The van der Waals surface area contributed by atoms with E-state index in [0.29, 0.717) is 131 Å². The van der Waals surface area contributed by atoms with Gasteiger partial charge in [-0.05, 0) is 313 Å². The fourth-order valence-corrected chi connectivity index (χ4v) is 20.9. The summed E-state index contributed by atoms with van der Waals surface area (Å²) in [7, 11) is 18.1. The lowest BCUT2D eigenvalue weighted by Crippen LogP contribution is -2.70. The van der Waals surface area contributed by atoms with Crippen LogP contribution < -0.4 is 40.6 Å². The van der Waals surface area contributed by atoms with Gasteiger partial charge in [0.25, 0.3) is 23.6 Å². The molecule has 4 aromatic carbocycles. The molecule has 8 bridgehead atoms. The molecule has 118 heavy (non-hydrogen) atoms. The molecule has 640 valence electrons. The average molecular weight is 1630 g/mol. The molecule has 8 aliphatic rings. The zero-order chi connectivity index (χ0) is 85.3. The number of ketones is 1. The number of carbonyl (C=O) groups excluding carboxylic acids is 5. The summed E-state index contributed by atoms with van der Waals surface area (Å²) in [5.74, 6) is -0.0740. The first-order chi connectivity index (χ1) is 57.0. The number of rotatable bonds is 44. The van der Waals surface area contributed by atoms with Crippen LogP contribution in [0.1, 0.15) is 195 Å². The van der Waals surface area contributed by atoms with Crippen LogP contribution in [0.25, 0.3) is 33.9 Å². The second-order valence-corrected chi connectivity index (χ2v) is 35.5. The molecule has 8 saturated carbocycles. The highest BCUT2D eigenvalue weighted by atomic mass is 16.5. The molecule has 0 spiro atoms. The summed E-state index contributed by atoms with van der Waals surface area (Å²) in [4.78, 5) is 111. The molecule has 8 fully saturated rings. The van der Waals surface area contributed by atoms with E-state index >= 15 is 0 Å². The SMILES string of the molecule is [2H]NCCCC(NCN(C)CCCN(C)CCCN(C)C(=O)c1ccc(-n2nc(C(=O)NC3(C(=O)O)C4CC5CC(C4)CC3C5)cc2-c2c(OC)cccc2OC)c(C(C)C)c1)C(=O)CN(C)CCCN(C)CCCN(C)C(=O)c1ccc(-n2nc(C(=O)NC3(C(=O)O)C4CC5CC(C4)CC3C5)cc2-c2c(OC)cccc2OC)c(C(C)C)c1. The van der Waals surface area contributed by atoms with Crippen molar-refractivity contribution in [2.75, 3.05) is 143 Å². The molecule has 14 rings (SSSR count). The van der Waals surface area contributed by atoms with E-state index in [2.05, 4.69) is 55.4 Å². The number of nitrogens with one attached hydrogen (secondary N) is 3. The van der Waals surface area contributed by atoms with Gasteiger partial charge in [0.05, 0.1) is 74.9 Å². The van der Waals surface area contributed by atoms with E-state index in [4.69, 9.17) is 30.6 Å². The first-order valence-corrected chi connectivity index (χ1v) is 42.7. The molecule has 1 unspecified atom stereocenters. The summed E-state index contributed by atoms with van der Waals surface area (Å²) in [6.07, 6.45) is 13.1. The van der Waals surface area contributed by atoms with Gasteiger partial charge in [0.15, 0.2) is 17.2 Å². The summed E-state index contributed by atoms with van der Waals surface area (Å²) >= 11 is 0. The summed E-state index contributed by atoms with van der Waals surface area (Å²) < 4.78 is 34.5. The van der Waals surface area contributed by atoms with Crippen molar-refractivity contribution in [3.05, 3.63) is 119 Å². The quantitative estimate of drug-likeness (QED) is 0.0153. The predicted octanol–water partition coefficient (Wildman–Crippen LogP) is 11.0. The van der Waals surface area contributed by atoms with Crippen molar-refractivity contribution in [2.24, 2.45) is 53.1 Å². The highest BCUT2D eigenvalue weighted by Gasteiger charge is 2.64. The normalized spacial score (nSPS) is 22.5.